The van der Waals surface area contributed by atoms with E-state index < -0.39 is 0 Å². The summed E-state index contributed by atoms with van der Waals surface area (Å²) < 4.78 is 14.9. The number of likely N-dealkylation sites (tertiary alicyclic amines) is 1. The molecular formula is C17H22FN5O. The molecule has 1 saturated heterocycles. The number of halogens is 1. The Morgan fingerprint density at radius 3 is 3.00 bits per heavy atom. The van der Waals surface area contributed by atoms with Gasteiger partial charge in [0.25, 0.3) is 0 Å². The van der Waals surface area contributed by atoms with Gasteiger partial charge < -0.3 is 15.1 Å². The SMILES string of the molecule is CN(C)C1CCN(C(=O)NCc2cnn(-c3cccc(F)c3)c2)C1. The maximum atomic E-state index is 13.3. The van der Waals surface area contributed by atoms with Crippen LogP contribution in [0.2, 0.25) is 0 Å². The molecule has 1 N–H and O–H groups in total. The van der Waals surface area contributed by atoms with Gasteiger partial charge in [-0.1, -0.05) is 6.07 Å². The lowest BCUT2D eigenvalue weighted by molar-refractivity contribution is 0.203. The molecule has 0 radical (unpaired) electrons. The molecule has 7 heteroatoms. The van der Waals surface area contributed by atoms with Crippen LogP contribution in [-0.2, 0) is 6.54 Å². The zero-order chi connectivity index (χ0) is 17.1. The molecule has 1 atom stereocenters. The molecule has 24 heavy (non-hydrogen) atoms. The molecular weight excluding hydrogens is 309 g/mol. The number of aromatic nitrogens is 2. The van der Waals surface area contributed by atoms with E-state index in [1.165, 1.54) is 12.1 Å². The summed E-state index contributed by atoms with van der Waals surface area (Å²) in [6.45, 7) is 1.93. The van der Waals surface area contributed by atoms with Gasteiger partial charge in [0.15, 0.2) is 0 Å². The van der Waals surface area contributed by atoms with Gasteiger partial charge in [-0.25, -0.2) is 13.9 Å². The Kier molecular flexibility index (Phi) is 4.80. The minimum Gasteiger partial charge on any atom is -0.334 e. The predicted molar refractivity (Wildman–Crippen MR) is 89.4 cm³/mol. The minimum atomic E-state index is -0.303. The Balaban J connectivity index is 1.55. The van der Waals surface area contributed by atoms with Crippen LogP contribution in [0.1, 0.15) is 12.0 Å². The lowest BCUT2D eigenvalue weighted by Gasteiger charge is -2.20. The standard InChI is InChI=1S/C17H22FN5O/c1-21(2)16-6-7-22(12-16)17(24)19-9-13-10-20-23(11-13)15-5-3-4-14(18)8-15/h3-5,8,10-11,16H,6-7,9,12H2,1-2H3,(H,19,24). The van der Waals surface area contributed by atoms with Crippen molar-refractivity contribution in [2.75, 3.05) is 27.2 Å². The van der Waals surface area contributed by atoms with Gasteiger partial charge in [0, 0.05) is 37.4 Å². The van der Waals surface area contributed by atoms with E-state index in [1.54, 1.807) is 29.2 Å². The lowest BCUT2D eigenvalue weighted by atomic mass is 10.2. The molecule has 1 aliphatic heterocycles. The number of hydrogen-bond donors (Lipinski definition) is 1. The van der Waals surface area contributed by atoms with Gasteiger partial charge in [0.1, 0.15) is 5.82 Å². The maximum Gasteiger partial charge on any atom is 0.317 e. The number of amides is 2. The van der Waals surface area contributed by atoms with E-state index in [9.17, 15) is 9.18 Å². The molecule has 1 aromatic carbocycles. The van der Waals surface area contributed by atoms with Crippen molar-refractivity contribution in [1.82, 2.24) is 24.9 Å². The van der Waals surface area contributed by atoms with Gasteiger partial charge >= 0.3 is 6.03 Å². The first-order valence-corrected chi connectivity index (χ1v) is 8.01. The molecule has 128 valence electrons. The van der Waals surface area contributed by atoms with Crippen LogP contribution in [0.5, 0.6) is 0 Å². The normalized spacial score (nSPS) is 17.5. The number of nitrogens with zero attached hydrogens (tertiary/aromatic N) is 4. The van der Waals surface area contributed by atoms with Crippen LogP contribution in [0.25, 0.3) is 5.69 Å². The molecule has 1 fully saturated rings. The fourth-order valence-electron chi connectivity index (χ4n) is 2.85. The number of likely N-dealkylation sites (N-methyl/N-ethyl adjacent to an activating group) is 1. The number of urea groups is 1. The van der Waals surface area contributed by atoms with Gasteiger partial charge in [0.05, 0.1) is 11.9 Å². The van der Waals surface area contributed by atoms with Crippen LogP contribution in [0.4, 0.5) is 9.18 Å². The van der Waals surface area contributed by atoms with E-state index in [1.807, 2.05) is 19.0 Å². The van der Waals surface area contributed by atoms with Crippen molar-refractivity contribution in [1.29, 1.82) is 0 Å². The van der Waals surface area contributed by atoms with Gasteiger partial charge in [-0.3, -0.25) is 0 Å². The minimum absolute atomic E-state index is 0.0575. The Morgan fingerprint density at radius 1 is 1.46 bits per heavy atom. The van der Waals surface area contributed by atoms with Crippen molar-refractivity contribution in [2.45, 2.75) is 19.0 Å². The second-order valence-electron chi connectivity index (χ2n) is 6.28. The maximum absolute atomic E-state index is 13.3. The zero-order valence-corrected chi connectivity index (χ0v) is 13.9. The fourth-order valence-corrected chi connectivity index (χ4v) is 2.85. The van der Waals surface area contributed by atoms with Crippen molar-refractivity contribution in [3.8, 4) is 5.69 Å². The summed E-state index contributed by atoms with van der Waals surface area (Å²) in [5.41, 5.74) is 1.52. The number of carbonyl (C=O) groups is 1. The van der Waals surface area contributed by atoms with Crippen molar-refractivity contribution < 1.29 is 9.18 Å². The smallest absolute Gasteiger partial charge is 0.317 e. The molecule has 1 unspecified atom stereocenters. The molecule has 2 aromatic rings. The highest BCUT2D eigenvalue weighted by Crippen LogP contribution is 2.13. The van der Waals surface area contributed by atoms with Gasteiger partial charge in [-0.05, 0) is 38.7 Å². The van der Waals surface area contributed by atoms with Crippen molar-refractivity contribution in [3.05, 3.63) is 48.0 Å². The van der Waals surface area contributed by atoms with Crippen molar-refractivity contribution in [2.24, 2.45) is 0 Å². The first-order chi connectivity index (χ1) is 11.5. The molecule has 3 rings (SSSR count). The van der Waals surface area contributed by atoms with Crippen LogP contribution in [0.15, 0.2) is 36.7 Å². The van der Waals surface area contributed by atoms with Crippen LogP contribution < -0.4 is 5.32 Å². The van der Waals surface area contributed by atoms with Crippen LogP contribution in [-0.4, -0.2) is 58.8 Å². The third-order valence-electron chi connectivity index (χ3n) is 4.33. The number of hydrogen-bond acceptors (Lipinski definition) is 3. The summed E-state index contributed by atoms with van der Waals surface area (Å²) in [7, 11) is 4.07. The highest BCUT2D eigenvalue weighted by Gasteiger charge is 2.27. The quantitative estimate of drug-likeness (QED) is 0.930. The van der Waals surface area contributed by atoms with E-state index in [-0.39, 0.29) is 11.8 Å². The molecule has 6 nitrogen and oxygen atoms in total. The highest BCUT2D eigenvalue weighted by atomic mass is 19.1. The van der Waals surface area contributed by atoms with Crippen LogP contribution in [0.3, 0.4) is 0 Å². The van der Waals surface area contributed by atoms with E-state index >= 15 is 0 Å². The fraction of sp³-hybridized carbons (Fsp3) is 0.412. The molecule has 2 heterocycles. The topological polar surface area (TPSA) is 53.4 Å². The van der Waals surface area contributed by atoms with E-state index in [2.05, 4.69) is 15.3 Å². The van der Waals surface area contributed by atoms with Crippen LogP contribution in [0, 0.1) is 5.82 Å². The zero-order valence-electron chi connectivity index (χ0n) is 13.9. The molecule has 0 saturated carbocycles. The monoisotopic (exact) mass is 331 g/mol. The van der Waals surface area contributed by atoms with E-state index in [0.717, 1.165) is 25.1 Å². The molecule has 0 bridgehead atoms. The molecule has 0 aliphatic carbocycles. The number of rotatable bonds is 4. The summed E-state index contributed by atoms with van der Waals surface area (Å²) in [4.78, 5) is 16.2. The molecule has 1 aliphatic rings. The third-order valence-corrected chi connectivity index (χ3v) is 4.33. The van der Waals surface area contributed by atoms with E-state index in [0.29, 0.717) is 18.3 Å². The molecule has 1 aromatic heterocycles. The first-order valence-electron chi connectivity index (χ1n) is 8.01. The van der Waals surface area contributed by atoms with Gasteiger partial charge in [-0.15, -0.1) is 0 Å². The van der Waals surface area contributed by atoms with Crippen LogP contribution >= 0.6 is 0 Å². The van der Waals surface area contributed by atoms with Crippen molar-refractivity contribution in [3.63, 3.8) is 0 Å². The average molecular weight is 331 g/mol. The van der Waals surface area contributed by atoms with Gasteiger partial charge in [0.2, 0.25) is 0 Å². The molecule has 0 spiro atoms. The van der Waals surface area contributed by atoms with Crippen molar-refractivity contribution >= 4 is 6.03 Å². The summed E-state index contributed by atoms with van der Waals surface area (Å²) in [5, 5.41) is 7.13. The first kappa shape index (κ1) is 16.4. The Morgan fingerprint density at radius 2 is 2.29 bits per heavy atom. The second kappa shape index (κ2) is 7.00. The summed E-state index contributed by atoms with van der Waals surface area (Å²) in [6, 6.07) is 6.60. The average Bonchev–Trinajstić information content (AvgIpc) is 3.22. The second-order valence-corrected chi connectivity index (χ2v) is 6.28. The molecule has 2 amide bonds. The number of carbonyl (C=O) groups excluding carboxylic acids is 1. The third kappa shape index (κ3) is 3.73. The Bertz CT molecular complexity index is 715. The number of benzene rings is 1. The highest BCUT2D eigenvalue weighted by molar-refractivity contribution is 5.74. The summed E-state index contributed by atoms with van der Waals surface area (Å²) in [5.74, 6) is -0.303. The lowest BCUT2D eigenvalue weighted by Crippen LogP contribution is -2.40. The predicted octanol–water partition coefficient (Wildman–Crippen LogP) is 1.86. The Hall–Kier alpha value is -2.41. The van der Waals surface area contributed by atoms with E-state index in [4.69, 9.17) is 0 Å². The van der Waals surface area contributed by atoms with Gasteiger partial charge in [-0.2, -0.15) is 5.10 Å². The summed E-state index contributed by atoms with van der Waals surface area (Å²) >= 11 is 0. The largest absolute Gasteiger partial charge is 0.334 e. The Labute approximate surface area is 140 Å². The summed E-state index contributed by atoms with van der Waals surface area (Å²) in [6.07, 6.45) is 4.47. The number of nitrogens with one attached hydrogen (secondary N) is 1.